The standard InChI is InChI=1S/C26H24FN3O2S/c27-22-7-4-8-23-24(22)21(18-32-20-5-2-1-3-6-20)25(33-23)26(31)30-15-13-29(14-16-30)17-19-9-11-28-12-10-19/h1-12H,13-18H2. The van der Waals surface area contributed by atoms with E-state index in [1.165, 1.54) is 23.0 Å². The predicted octanol–water partition coefficient (Wildman–Crippen LogP) is 4.97. The fourth-order valence-corrected chi connectivity index (χ4v) is 5.34. The van der Waals surface area contributed by atoms with Crippen LogP contribution in [0, 0.1) is 5.82 Å². The van der Waals surface area contributed by atoms with Gasteiger partial charge in [0, 0.05) is 60.8 Å². The second-order valence-electron chi connectivity index (χ2n) is 8.05. The summed E-state index contributed by atoms with van der Waals surface area (Å²) in [5.41, 5.74) is 1.84. The van der Waals surface area contributed by atoms with Crippen molar-refractivity contribution in [3.05, 3.63) is 94.9 Å². The van der Waals surface area contributed by atoms with Crippen molar-refractivity contribution in [2.75, 3.05) is 26.2 Å². The molecule has 1 amide bonds. The fourth-order valence-electron chi connectivity index (χ4n) is 4.15. The number of benzene rings is 2. The third kappa shape index (κ3) is 4.74. The van der Waals surface area contributed by atoms with Crippen LogP contribution in [0.1, 0.15) is 20.8 Å². The molecule has 3 heterocycles. The maximum atomic E-state index is 14.8. The van der Waals surface area contributed by atoms with Crippen LogP contribution in [0.15, 0.2) is 73.1 Å². The van der Waals surface area contributed by atoms with Gasteiger partial charge < -0.3 is 9.64 Å². The highest BCUT2D eigenvalue weighted by Gasteiger charge is 2.27. The molecule has 7 heteroatoms. The van der Waals surface area contributed by atoms with E-state index in [-0.39, 0.29) is 18.3 Å². The van der Waals surface area contributed by atoms with E-state index in [9.17, 15) is 9.18 Å². The van der Waals surface area contributed by atoms with Gasteiger partial charge in [0.2, 0.25) is 0 Å². The number of para-hydroxylation sites is 1. The molecule has 5 rings (SSSR count). The van der Waals surface area contributed by atoms with Crippen LogP contribution in [-0.4, -0.2) is 46.9 Å². The minimum atomic E-state index is -0.323. The number of carbonyl (C=O) groups is 1. The van der Waals surface area contributed by atoms with Gasteiger partial charge in [0.15, 0.2) is 0 Å². The topological polar surface area (TPSA) is 45.7 Å². The maximum Gasteiger partial charge on any atom is 0.264 e. The number of amides is 1. The summed E-state index contributed by atoms with van der Waals surface area (Å²) in [7, 11) is 0. The van der Waals surface area contributed by atoms with E-state index in [2.05, 4.69) is 9.88 Å². The van der Waals surface area contributed by atoms with E-state index < -0.39 is 0 Å². The predicted molar refractivity (Wildman–Crippen MR) is 128 cm³/mol. The molecule has 0 spiro atoms. The zero-order valence-corrected chi connectivity index (χ0v) is 18.9. The molecular formula is C26H24FN3O2S. The van der Waals surface area contributed by atoms with E-state index >= 15 is 0 Å². The number of carbonyl (C=O) groups excluding carboxylic acids is 1. The Morgan fingerprint density at radius 1 is 0.970 bits per heavy atom. The maximum absolute atomic E-state index is 14.8. The molecule has 2 aromatic carbocycles. The number of ether oxygens (including phenoxy) is 1. The van der Waals surface area contributed by atoms with Gasteiger partial charge in [-0.3, -0.25) is 14.7 Å². The minimum absolute atomic E-state index is 0.0502. The number of aromatic nitrogens is 1. The van der Waals surface area contributed by atoms with Gasteiger partial charge in [-0.2, -0.15) is 0 Å². The lowest BCUT2D eigenvalue weighted by Crippen LogP contribution is -2.48. The van der Waals surface area contributed by atoms with Crippen molar-refractivity contribution in [1.82, 2.24) is 14.8 Å². The molecule has 0 aliphatic carbocycles. The molecule has 1 fully saturated rings. The molecule has 1 aliphatic heterocycles. The van der Waals surface area contributed by atoms with Crippen molar-refractivity contribution in [2.45, 2.75) is 13.2 Å². The summed E-state index contributed by atoms with van der Waals surface area (Å²) >= 11 is 1.35. The summed E-state index contributed by atoms with van der Waals surface area (Å²) in [6, 6.07) is 18.4. The molecule has 0 bridgehead atoms. The highest BCUT2D eigenvalue weighted by atomic mass is 32.1. The summed E-state index contributed by atoms with van der Waals surface area (Å²) in [5.74, 6) is 0.318. The average Bonchev–Trinajstić information content (AvgIpc) is 3.24. The first-order chi connectivity index (χ1) is 16.2. The summed E-state index contributed by atoms with van der Waals surface area (Å²) in [6.07, 6.45) is 3.60. The number of thiophene rings is 1. The van der Waals surface area contributed by atoms with Crippen LogP contribution < -0.4 is 4.74 Å². The van der Waals surface area contributed by atoms with Gasteiger partial charge in [-0.25, -0.2) is 4.39 Å². The second kappa shape index (κ2) is 9.68. The van der Waals surface area contributed by atoms with Crippen LogP contribution in [0.4, 0.5) is 4.39 Å². The number of pyridine rings is 1. The highest BCUT2D eigenvalue weighted by Crippen LogP contribution is 2.35. The number of hydrogen-bond acceptors (Lipinski definition) is 5. The summed E-state index contributed by atoms with van der Waals surface area (Å²) in [4.78, 5) is 22.3. The van der Waals surface area contributed by atoms with Crippen molar-refractivity contribution >= 4 is 27.3 Å². The lowest BCUT2D eigenvalue weighted by atomic mass is 10.1. The Morgan fingerprint density at radius 2 is 1.73 bits per heavy atom. The van der Waals surface area contributed by atoms with Crippen molar-refractivity contribution < 1.29 is 13.9 Å². The lowest BCUT2D eigenvalue weighted by Gasteiger charge is -2.34. The first kappa shape index (κ1) is 21.6. The van der Waals surface area contributed by atoms with Crippen molar-refractivity contribution in [1.29, 1.82) is 0 Å². The van der Waals surface area contributed by atoms with E-state index in [1.54, 1.807) is 18.5 Å². The average molecular weight is 462 g/mol. The minimum Gasteiger partial charge on any atom is -0.489 e. The Hall–Kier alpha value is -3.29. The molecule has 33 heavy (non-hydrogen) atoms. The molecule has 0 unspecified atom stereocenters. The first-order valence-corrected chi connectivity index (χ1v) is 11.8. The van der Waals surface area contributed by atoms with Crippen LogP contribution in [0.2, 0.25) is 0 Å². The Labute approximate surface area is 196 Å². The second-order valence-corrected chi connectivity index (χ2v) is 9.10. The normalized spacial score (nSPS) is 14.5. The van der Waals surface area contributed by atoms with Gasteiger partial charge in [-0.1, -0.05) is 24.3 Å². The van der Waals surface area contributed by atoms with E-state index in [0.29, 0.717) is 34.7 Å². The molecule has 5 nitrogen and oxygen atoms in total. The van der Waals surface area contributed by atoms with Gasteiger partial charge in [0.05, 0.1) is 4.88 Å². The van der Waals surface area contributed by atoms with E-state index in [0.717, 1.165) is 24.3 Å². The fraction of sp³-hybridized carbons (Fsp3) is 0.231. The van der Waals surface area contributed by atoms with Crippen LogP contribution in [0.5, 0.6) is 5.75 Å². The Balaban J connectivity index is 1.34. The molecule has 0 N–H and O–H groups in total. The Bertz CT molecular complexity index is 1240. The van der Waals surface area contributed by atoms with Gasteiger partial charge in [0.1, 0.15) is 18.2 Å². The third-order valence-electron chi connectivity index (χ3n) is 5.90. The molecule has 4 aromatic rings. The third-order valence-corrected chi connectivity index (χ3v) is 7.08. The zero-order chi connectivity index (χ0) is 22.6. The van der Waals surface area contributed by atoms with Crippen LogP contribution in [0.25, 0.3) is 10.1 Å². The van der Waals surface area contributed by atoms with Crippen molar-refractivity contribution in [3.63, 3.8) is 0 Å². The molecule has 2 aromatic heterocycles. The number of piperazine rings is 1. The lowest BCUT2D eigenvalue weighted by molar-refractivity contribution is 0.0631. The SMILES string of the molecule is O=C(c1sc2cccc(F)c2c1COc1ccccc1)N1CCN(Cc2ccncc2)CC1. The van der Waals surface area contributed by atoms with Gasteiger partial charge in [0.25, 0.3) is 5.91 Å². The summed E-state index contributed by atoms with van der Waals surface area (Å²) in [6.45, 7) is 3.86. The molecule has 168 valence electrons. The number of nitrogens with zero attached hydrogens (tertiary/aromatic N) is 3. The van der Waals surface area contributed by atoms with Crippen LogP contribution >= 0.6 is 11.3 Å². The molecule has 1 saturated heterocycles. The molecule has 0 atom stereocenters. The smallest absolute Gasteiger partial charge is 0.264 e. The van der Waals surface area contributed by atoms with Crippen molar-refractivity contribution in [2.24, 2.45) is 0 Å². The number of hydrogen-bond donors (Lipinski definition) is 0. The Kier molecular flexibility index (Phi) is 6.32. The summed E-state index contributed by atoms with van der Waals surface area (Å²) in [5, 5.41) is 0.484. The number of rotatable bonds is 6. The molecule has 1 aliphatic rings. The highest BCUT2D eigenvalue weighted by molar-refractivity contribution is 7.21. The molecule has 0 radical (unpaired) electrons. The zero-order valence-electron chi connectivity index (χ0n) is 18.1. The van der Waals surface area contributed by atoms with Crippen LogP contribution in [-0.2, 0) is 13.2 Å². The largest absolute Gasteiger partial charge is 0.489 e. The van der Waals surface area contributed by atoms with Gasteiger partial charge >= 0.3 is 0 Å². The van der Waals surface area contributed by atoms with Gasteiger partial charge in [-0.15, -0.1) is 11.3 Å². The molecule has 0 saturated carbocycles. The van der Waals surface area contributed by atoms with E-state index in [4.69, 9.17) is 4.74 Å². The monoisotopic (exact) mass is 461 g/mol. The van der Waals surface area contributed by atoms with E-state index in [1.807, 2.05) is 53.4 Å². The molecular weight excluding hydrogens is 437 g/mol. The number of halogens is 1. The first-order valence-electron chi connectivity index (χ1n) is 11.0. The number of fused-ring (bicyclic) bond motifs is 1. The van der Waals surface area contributed by atoms with Crippen LogP contribution in [0.3, 0.4) is 0 Å². The Morgan fingerprint density at radius 3 is 2.48 bits per heavy atom. The van der Waals surface area contributed by atoms with Crippen molar-refractivity contribution in [3.8, 4) is 5.75 Å². The van der Waals surface area contributed by atoms with Gasteiger partial charge in [-0.05, 0) is 42.0 Å². The summed E-state index contributed by atoms with van der Waals surface area (Å²) < 4.78 is 21.5. The quantitative estimate of drug-likeness (QED) is 0.407.